The highest BCUT2D eigenvalue weighted by Crippen LogP contribution is 2.21. The monoisotopic (exact) mass is 313 g/mol. The van der Waals surface area contributed by atoms with E-state index in [9.17, 15) is 4.79 Å². The molecule has 1 aromatic heterocycles. The lowest BCUT2D eigenvalue weighted by atomic mass is 10.1. The lowest BCUT2D eigenvalue weighted by Crippen LogP contribution is -1.97. The molecule has 0 aliphatic carbocycles. The fourth-order valence-corrected chi connectivity index (χ4v) is 2.32. The molecule has 1 heterocycles. The molecule has 0 atom stereocenters. The number of carboxylic acids is 1. The van der Waals surface area contributed by atoms with Gasteiger partial charge in [-0.2, -0.15) is 0 Å². The summed E-state index contributed by atoms with van der Waals surface area (Å²) in [5.74, 6) is -0.909. The maximum Gasteiger partial charge on any atom is 0.335 e. The summed E-state index contributed by atoms with van der Waals surface area (Å²) >= 11 is 2.19. The molecule has 2 rings (SSSR count). The van der Waals surface area contributed by atoms with Gasteiger partial charge in [0, 0.05) is 14.7 Å². The van der Waals surface area contributed by atoms with Crippen LogP contribution < -0.4 is 0 Å². The Balaban J connectivity index is 2.76. The summed E-state index contributed by atoms with van der Waals surface area (Å²) < 4.78 is 1.03. The molecule has 0 aliphatic heterocycles. The van der Waals surface area contributed by atoms with E-state index in [0.717, 1.165) is 20.2 Å². The first-order valence-corrected chi connectivity index (χ1v) is 5.46. The molecule has 1 aromatic carbocycles. The number of aromatic carboxylic acids is 1. The normalized spacial score (nSPS) is 10.5. The van der Waals surface area contributed by atoms with E-state index in [1.165, 1.54) is 0 Å². The third-order valence-corrected chi connectivity index (χ3v) is 3.03. The third kappa shape index (κ3) is 1.94. The Kier molecular flexibility index (Phi) is 2.60. The van der Waals surface area contributed by atoms with Gasteiger partial charge in [-0.15, -0.1) is 0 Å². The number of fused-ring (bicyclic) bond motifs is 1. The van der Waals surface area contributed by atoms with Gasteiger partial charge in [0.1, 0.15) is 0 Å². The van der Waals surface area contributed by atoms with Gasteiger partial charge < -0.3 is 5.11 Å². The number of pyridine rings is 1. The van der Waals surface area contributed by atoms with Crippen LogP contribution in [0.1, 0.15) is 16.1 Å². The Morgan fingerprint density at radius 1 is 1.40 bits per heavy atom. The molecule has 3 nitrogen and oxygen atoms in total. The molecule has 0 bridgehead atoms. The van der Waals surface area contributed by atoms with Gasteiger partial charge in [-0.3, -0.25) is 4.98 Å². The van der Waals surface area contributed by atoms with Crippen molar-refractivity contribution in [3.8, 4) is 0 Å². The highest BCUT2D eigenvalue weighted by molar-refractivity contribution is 14.1. The zero-order chi connectivity index (χ0) is 11.0. The number of halogens is 1. The molecule has 15 heavy (non-hydrogen) atoms. The number of hydrogen-bond donors (Lipinski definition) is 1. The molecule has 0 radical (unpaired) electrons. The maximum absolute atomic E-state index is 10.8. The Hall–Kier alpha value is -1.17. The maximum atomic E-state index is 10.8. The van der Waals surface area contributed by atoms with Crippen LogP contribution >= 0.6 is 22.6 Å². The molecule has 0 fully saturated rings. The topological polar surface area (TPSA) is 50.2 Å². The summed E-state index contributed by atoms with van der Waals surface area (Å²) in [4.78, 5) is 15.1. The van der Waals surface area contributed by atoms with Crippen LogP contribution in [0.25, 0.3) is 10.9 Å². The summed E-state index contributed by atoms with van der Waals surface area (Å²) in [6.45, 7) is 1.92. The number of benzene rings is 1. The Morgan fingerprint density at radius 3 is 2.80 bits per heavy atom. The number of hydrogen-bond acceptors (Lipinski definition) is 2. The summed E-state index contributed by atoms with van der Waals surface area (Å²) in [6, 6.07) is 6.92. The van der Waals surface area contributed by atoms with E-state index in [1.54, 1.807) is 18.2 Å². The summed E-state index contributed by atoms with van der Waals surface area (Å²) in [5, 5.41) is 9.76. The van der Waals surface area contributed by atoms with Crippen molar-refractivity contribution in [2.24, 2.45) is 0 Å². The molecule has 0 unspecified atom stereocenters. The summed E-state index contributed by atoms with van der Waals surface area (Å²) in [5.41, 5.74) is 2.07. The fourth-order valence-electron chi connectivity index (χ4n) is 1.44. The lowest BCUT2D eigenvalue weighted by molar-refractivity contribution is 0.0697. The van der Waals surface area contributed by atoms with E-state index in [2.05, 4.69) is 27.6 Å². The standard InChI is InChI=1S/C11H8INO2/c1-6-4-9(12)8-5-7(11(14)15)2-3-10(8)13-6/h2-5H,1H3,(H,14,15). The minimum absolute atomic E-state index is 0.297. The third-order valence-electron chi connectivity index (χ3n) is 2.13. The highest BCUT2D eigenvalue weighted by Gasteiger charge is 2.06. The second-order valence-corrected chi connectivity index (χ2v) is 4.44. The Labute approximate surface area is 100 Å². The van der Waals surface area contributed by atoms with E-state index in [1.807, 2.05) is 13.0 Å². The van der Waals surface area contributed by atoms with E-state index >= 15 is 0 Å². The molecular weight excluding hydrogens is 305 g/mol. The largest absolute Gasteiger partial charge is 0.478 e. The second kappa shape index (κ2) is 3.77. The predicted molar refractivity (Wildman–Crippen MR) is 66.2 cm³/mol. The Bertz CT molecular complexity index is 552. The molecule has 0 amide bonds. The molecule has 0 spiro atoms. The number of carboxylic acid groups (broad SMARTS) is 1. The number of carbonyl (C=O) groups is 1. The number of aryl methyl sites for hydroxylation is 1. The van der Waals surface area contributed by atoms with E-state index < -0.39 is 5.97 Å². The van der Waals surface area contributed by atoms with E-state index in [-0.39, 0.29) is 0 Å². The molecule has 0 saturated heterocycles. The quantitative estimate of drug-likeness (QED) is 0.824. The van der Waals surface area contributed by atoms with Gasteiger partial charge in [0.25, 0.3) is 0 Å². The zero-order valence-corrected chi connectivity index (χ0v) is 10.1. The van der Waals surface area contributed by atoms with E-state index in [4.69, 9.17) is 5.11 Å². The van der Waals surface area contributed by atoms with Gasteiger partial charge in [-0.25, -0.2) is 4.79 Å². The van der Waals surface area contributed by atoms with Crippen LogP contribution in [0.15, 0.2) is 24.3 Å². The average molecular weight is 313 g/mol. The zero-order valence-electron chi connectivity index (χ0n) is 7.99. The molecule has 0 saturated carbocycles. The molecular formula is C11H8INO2. The fraction of sp³-hybridized carbons (Fsp3) is 0.0909. The number of aromatic nitrogens is 1. The van der Waals surface area contributed by atoms with Crippen molar-refractivity contribution >= 4 is 39.5 Å². The SMILES string of the molecule is Cc1cc(I)c2cc(C(=O)O)ccc2n1. The first-order chi connectivity index (χ1) is 7.08. The minimum Gasteiger partial charge on any atom is -0.478 e. The molecule has 0 aliphatic rings. The van der Waals surface area contributed by atoms with Crippen LogP contribution in [0.4, 0.5) is 0 Å². The number of nitrogens with zero attached hydrogens (tertiary/aromatic N) is 1. The first kappa shape index (κ1) is 10.4. The molecule has 4 heteroatoms. The van der Waals surface area contributed by atoms with Gasteiger partial charge in [-0.05, 0) is 53.8 Å². The van der Waals surface area contributed by atoms with E-state index in [0.29, 0.717) is 5.56 Å². The van der Waals surface area contributed by atoms with Gasteiger partial charge in [0.15, 0.2) is 0 Å². The predicted octanol–water partition coefficient (Wildman–Crippen LogP) is 2.85. The minimum atomic E-state index is -0.909. The average Bonchev–Trinajstić information content (AvgIpc) is 2.16. The Morgan fingerprint density at radius 2 is 2.13 bits per heavy atom. The first-order valence-electron chi connectivity index (χ1n) is 4.38. The van der Waals surface area contributed by atoms with Crippen LogP contribution in [-0.2, 0) is 0 Å². The van der Waals surface area contributed by atoms with Crippen LogP contribution in [-0.4, -0.2) is 16.1 Å². The van der Waals surface area contributed by atoms with Crippen LogP contribution in [0, 0.1) is 10.5 Å². The van der Waals surface area contributed by atoms with Gasteiger partial charge in [0.05, 0.1) is 11.1 Å². The van der Waals surface area contributed by atoms with Crippen molar-refractivity contribution in [3.63, 3.8) is 0 Å². The molecule has 2 aromatic rings. The molecule has 76 valence electrons. The molecule has 1 N–H and O–H groups in total. The van der Waals surface area contributed by atoms with Crippen molar-refractivity contribution in [1.29, 1.82) is 0 Å². The van der Waals surface area contributed by atoms with Crippen molar-refractivity contribution in [3.05, 3.63) is 39.1 Å². The van der Waals surface area contributed by atoms with Crippen LogP contribution in [0.2, 0.25) is 0 Å². The lowest BCUT2D eigenvalue weighted by Gasteiger charge is -2.03. The van der Waals surface area contributed by atoms with Crippen LogP contribution in [0.3, 0.4) is 0 Å². The van der Waals surface area contributed by atoms with Crippen molar-refractivity contribution in [1.82, 2.24) is 4.98 Å². The van der Waals surface area contributed by atoms with Crippen molar-refractivity contribution < 1.29 is 9.90 Å². The van der Waals surface area contributed by atoms with Gasteiger partial charge >= 0.3 is 5.97 Å². The second-order valence-electron chi connectivity index (χ2n) is 3.28. The van der Waals surface area contributed by atoms with Crippen LogP contribution in [0.5, 0.6) is 0 Å². The van der Waals surface area contributed by atoms with Crippen molar-refractivity contribution in [2.45, 2.75) is 6.92 Å². The van der Waals surface area contributed by atoms with Gasteiger partial charge in [-0.1, -0.05) is 0 Å². The summed E-state index contributed by atoms with van der Waals surface area (Å²) in [7, 11) is 0. The summed E-state index contributed by atoms with van der Waals surface area (Å²) in [6.07, 6.45) is 0. The van der Waals surface area contributed by atoms with Crippen molar-refractivity contribution in [2.75, 3.05) is 0 Å². The van der Waals surface area contributed by atoms with Gasteiger partial charge in [0.2, 0.25) is 0 Å². The number of rotatable bonds is 1. The smallest absolute Gasteiger partial charge is 0.335 e. The highest BCUT2D eigenvalue weighted by atomic mass is 127.